The minimum atomic E-state index is -1.48. The third kappa shape index (κ3) is 6.43. The molecule has 5 atom stereocenters. The van der Waals surface area contributed by atoms with Crippen LogP contribution in [0.25, 0.3) is 0 Å². The first-order valence-corrected chi connectivity index (χ1v) is 11.4. The molecule has 2 heterocycles. The van der Waals surface area contributed by atoms with E-state index in [1.54, 1.807) is 13.8 Å². The van der Waals surface area contributed by atoms with Gasteiger partial charge in [-0.05, 0) is 20.3 Å². The summed E-state index contributed by atoms with van der Waals surface area (Å²) in [5.41, 5.74) is -0.421. The molecule has 2 aliphatic rings. The van der Waals surface area contributed by atoms with Crippen LogP contribution in [0.2, 0.25) is 0 Å². The van der Waals surface area contributed by atoms with Gasteiger partial charge in [0.25, 0.3) is 0 Å². The van der Waals surface area contributed by atoms with Gasteiger partial charge in [-0.15, -0.1) is 0 Å². The highest BCUT2D eigenvalue weighted by Gasteiger charge is 2.58. The average Bonchev–Trinajstić information content (AvgIpc) is 2.76. The molecule has 0 aromatic carbocycles. The van der Waals surface area contributed by atoms with Gasteiger partial charge < -0.3 is 33.6 Å². The molecule has 0 aromatic heterocycles. The third-order valence-electron chi connectivity index (χ3n) is 6.40. The number of ketones is 1. The number of cyclic esters (lactones) is 2. The lowest BCUT2D eigenvalue weighted by Crippen LogP contribution is -2.61. The van der Waals surface area contributed by atoms with Gasteiger partial charge >= 0.3 is 17.9 Å². The van der Waals surface area contributed by atoms with Gasteiger partial charge in [-0.1, -0.05) is 19.4 Å². The van der Waals surface area contributed by atoms with Crippen molar-refractivity contribution in [1.29, 1.82) is 0 Å². The molecule has 192 valence electrons. The van der Waals surface area contributed by atoms with E-state index >= 15 is 0 Å². The first kappa shape index (κ1) is 27.9. The summed E-state index contributed by atoms with van der Waals surface area (Å²) in [4.78, 5) is 49.1. The normalized spacial score (nSPS) is 32.3. The minimum Gasteiger partial charge on any atom is -0.466 e. The van der Waals surface area contributed by atoms with E-state index in [1.807, 2.05) is 0 Å². The third-order valence-corrected chi connectivity index (χ3v) is 6.40. The molecule has 10 heteroatoms. The summed E-state index contributed by atoms with van der Waals surface area (Å²) in [5, 5.41) is 10.3. The maximum Gasteiger partial charge on any atom is 0.330 e. The number of fused-ring (bicyclic) bond motifs is 2. The van der Waals surface area contributed by atoms with Crippen LogP contribution in [0.4, 0.5) is 0 Å². The van der Waals surface area contributed by atoms with Crippen LogP contribution in [-0.4, -0.2) is 73.7 Å². The van der Waals surface area contributed by atoms with Gasteiger partial charge in [-0.3, -0.25) is 9.59 Å². The summed E-state index contributed by atoms with van der Waals surface area (Å²) in [5.74, 6) is -4.17. The van der Waals surface area contributed by atoms with E-state index in [2.05, 4.69) is 0 Å². The molecule has 2 fully saturated rings. The molecule has 2 bridgehead atoms. The van der Waals surface area contributed by atoms with Crippen molar-refractivity contribution in [3.05, 3.63) is 11.6 Å². The number of Topliss-reactive ketones (excluding diaryl/α,β-unsaturated/α-hetero) is 1. The predicted octanol–water partition coefficient (Wildman–Crippen LogP) is 1.86. The van der Waals surface area contributed by atoms with Crippen molar-refractivity contribution in [3.63, 3.8) is 0 Å². The van der Waals surface area contributed by atoms with E-state index in [-0.39, 0.29) is 44.5 Å². The average molecular weight is 485 g/mol. The zero-order valence-electron chi connectivity index (χ0n) is 20.8. The van der Waals surface area contributed by atoms with Gasteiger partial charge in [-0.25, -0.2) is 4.79 Å². The maximum absolute atomic E-state index is 12.3. The monoisotopic (exact) mass is 484 g/mol. The van der Waals surface area contributed by atoms with Crippen molar-refractivity contribution in [2.45, 2.75) is 83.9 Å². The Morgan fingerprint density at radius 1 is 1.21 bits per heavy atom. The molecule has 10 nitrogen and oxygen atoms in total. The summed E-state index contributed by atoms with van der Waals surface area (Å²) in [6.07, 6.45) is -1.31. The Labute approximate surface area is 199 Å². The molecule has 0 amide bonds. The number of carbonyl (C=O) groups excluding carboxylic acids is 4. The van der Waals surface area contributed by atoms with Crippen molar-refractivity contribution in [1.82, 2.24) is 0 Å². The Hall–Kier alpha value is -2.30. The Balaban J connectivity index is 2.66. The van der Waals surface area contributed by atoms with E-state index in [9.17, 15) is 24.3 Å². The van der Waals surface area contributed by atoms with E-state index in [0.29, 0.717) is 5.57 Å². The molecule has 0 aromatic rings. The lowest BCUT2D eigenvalue weighted by molar-refractivity contribution is -0.340. The van der Waals surface area contributed by atoms with Gasteiger partial charge in [-0.2, -0.15) is 0 Å². The quantitative estimate of drug-likeness (QED) is 0.350. The molecular formula is C24H36O10. The SMILES string of the molecule is COC(=O)/C=C1\C[C@H]2C[C@H]([C@@H](C)O)OC(=O)CCC(=O)OCC(C)(C)[C@](OC)(O2)[C@H]1CC(C)=O. The fourth-order valence-corrected chi connectivity index (χ4v) is 4.64. The van der Waals surface area contributed by atoms with Crippen LogP contribution in [0.5, 0.6) is 0 Å². The van der Waals surface area contributed by atoms with Crippen LogP contribution >= 0.6 is 0 Å². The van der Waals surface area contributed by atoms with Crippen LogP contribution in [0.15, 0.2) is 11.6 Å². The van der Waals surface area contributed by atoms with Gasteiger partial charge in [0.15, 0.2) is 5.79 Å². The lowest BCUT2D eigenvalue weighted by atomic mass is 9.68. The zero-order valence-corrected chi connectivity index (χ0v) is 20.8. The number of hydrogen-bond donors (Lipinski definition) is 1. The van der Waals surface area contributed by atoms with Crippen LogP contribution in [-0.2, 0) is 42.9 Å². The van der Waals surface area contributed by atoms with Gasteiger partial charge in [0.05, 0.1) is 37.6 Å². The number of aliphatic hydroxyl groups is 1. The van der Waals surface area contributed by atoms with E-state index in [4.69, 9.17) is 23.7 Å². The van der Waals surface area contributed by atoms with E-state index in [1.165, 1.54) is 34.1 Å². The maximum atomic E-state index is 12.3. The molecule has 0 aliphatic carbocycles. The van der Waals surface area contributed by atoms with E-state index in [0.717, 1.165) is 0 Å². The molecule has 34 heavy (non-hydrogen) atoms. The standard InChI is InChI=1S/C24H36O10/c1-14(25)9-18-16(11-22(29)30-5)10-17-12-19(15(2)26)33-21(28)8-7-20(27)32-13-23(3,4)24(18,31-6)34-17/h11,15,17-19,26H,7-10,12-13H2,1-6H3/b16-11+/t15-,17+,18+,19-,24-/m1/s1. The molecule has 1 N–H and O–H groups in total. The van der Waals surface area contributed by atoms with Gasteiger partial charge in [0.1, 0.15) is 18.5 Å². The molecule has 0 spiro atoms. The second-order valence-electron chi connectivity index (χ2n) is 9.57. The molecule has 2 saturated heterocycles. The fraction of sp³-hybridized carbons (Fsp3) is 0.750. The summed E-state index contributed by atoms with van der Waals surface area (Å²) >= 11 is 0. The molecule has 0 radical (unpaired) electrons. The summed E-state index contributed by atoms with van der Waals surface area (Å²) in [6, 6.07) is 0. The first-order chi connectivity index (χ1) is 15.8. The Morgan fingerprint density at radius 2 is 1.85 bits per heavy atom. The largest absolute Gasteiger partial charge is 0.466 e. The summed E-state index contributed by atoms with van der Waals surface area (Å²) < 4.78 is 28.2. The van der Waals surface area contributed by atoms with E-state index < -0.39 is 53.3 Å². The second kappa shape index (κ2) is 11.4. The Morgan fingerprint density at radius 3 is 2.41 bits per heavy atom. The number of methoxy groups -OCH3 is 2. The van der Waals surface area contributed by atoms with Crippen molar-refractivity contribution < 1.29 is 48.0 Å². The van der Waals surface area contributed by atoms with Crippen LogP contribution in [0.3, 0.4) is 0 Å². The highest BCUT2D eigenvalue weighted by atomic mass is 16.7. The number of rotatable bonds is 5. The Kier molecular flexibility index (Phi) is 9.38. The number of carbonyl (C=O) groups is 4. The molecule has 2 aliphatic heterocycles. The van der Waals surface area contributed by atoms with Crippen molar-refractivity contribution in [2.24, 2.45) is 11.3 Å². The van der Waals surface area contributed by atoms with Gasteiger partial charge in [0, 0.05) is 31.9 Å². The Bertz CT molecular complexity index is 815. The van der Waals surface area contributed by atoms with Crippen LogP contribution < -0.4 is 0 Å². The molecular weight excluding hydrogens is 448 g/mol. The van der Waals surface area contributed by atoms with Crippen molar-refractivity contribution in [3.8, 4) is 0 Å². The topological polar surface area (TPSA) is 135 Å². The smallest absolute Gasteiger partial charge is 0.330 e. The fourth-order valence-electron chi connectivity index (χ4n) is 4.64. The zero-order chi connectivity index (χ0) is 25.7. The summed E-state index contributed by atoms with van der Waals surface area (Å²) in [7, 11) is 2.68. The number of aliphatic hydroxyl groups excluding tert-OH is 1. The predicted molar refractivity (Wildman–Crippen MR) is 118 cm³/mol. The second-order valence-corrected chi connectivity index (χ2v) is 9.57. The number of esters is 3. The number of ether oxygens (including phenoxy) is 5. The van der Waals surface area contributed by atoms with Crippen molar-refractivity contribution >= 4 is 23.7 Å². The van der Waals surface area contributed by atoms with Crippen LogP contribution in [0.1, 0.15) is 59.8 Å². The van der Waals surface area contributed by atoms with Crippen LogP contribution in [0, 0.1) is 11.3 Å². The van der Waals surface area contributed by atoms with Gasteiger partial charge in [0.2, 0.25) is 0 Å². The lowest BCUT2D eigenvalue weighted by Gasteiger charge is -2.54. The highest BCUT2D eigenvalue weighted by Crippen LogP contribution is 2.51. The minimum absolute atomic E-state index is 0.00951. The molecule has 0 saturated carbocycles. The van der Waals surface area contributed by atoms with Crippen molar-refractivity contribution in [2.75, 3.05) is 20.8 Å². The number of hydrogen-bond acceptors (Lipinski definition) is 10. The molecule has 0 unspecified atom stereocenters. The summed E-state index contributed by atoms with van der Waals surface area (Å²) in [6.45, 7) is 6.36. The first-order valence-electron chi connectivity index (χ1n) is 11.4. The molecule has 2 rings (SSSR count). The highest BCUT2D eigenvalue weighted by molar-refractivity contribution is 5.83.